The van der Waals surface area contributed by atoms with Crippen LogP contribution in [0.15, 0.2) is 197 Å². The molecule has 13 rings (SSSR count). The van der Waals surface area contributed by atoms with Gasteiger partial charge in [0.25, 0.3) is 0 Å². The van der Waals surface area contributed by atoms with Crippen LogP contribution in [0.25, 0.3) is 131 Å². The second kappa shape index (κ2) is 11.9. The van der Waals surface area contributed by atoms with E-state index in [-0.39, 0.29) is 0 Å². The summed E-state index contributed by atoms with van der Waals surface area (Å²) >= 11 is 0. The van der Waals surface area contributed by atoms with E-state index in [0.29, 0.717) is 0 Å². The number of aromatic nitrogens is 1. The van der Waals surface area contributed by atoms with Crippen molar-refractivity contribution in [1.29, 1.82) is 0 Å². The summed E-state index contributed by atoms with van der Waals surface area (Å²) in [6, 6.07) is 65.5. The molecule has 0 spiro atoms. The highest BCUT2D eigenvalue weighted by molar-refractivity contribution is 6.26. The summed E-state index contributed by atoms with van der Waals surface area (Å²) in [5, 5.41) is 15.5. The van der Waals surface area contributed by atoms with Gasteiger partial charge in [0.1, 0.15) is 22.3 Å². The maximum absolute atomic E-state index is 6.53. The summed E-state index contributed by atoms with van der Waals surface area (Å²) in [7, 11) is 0. The molecule has 3 heterocycles. The monoisotopic (exact) mass is 737 g/mol. The van der Waals surface area contributed by atoms with Gasteiger partial charge in [0.05, 0.1) is 5.52 Å². The molecule has 13 aromatic rings. The molecule has 10 aromatic carbocycles. The van der Waals surface area contributed by atoms with E-state index < -0.39 is 0 Å². The van der Waals surface area contributed by atoms with Crippen LogP contribution >= 0.6 is 0 Å². The van der Waals surface area contributed by atoms with Crippen LogP contribution in [0, 0.1) is 0 Å². The Morgan fingerprint density at radius 2 is 0.793 bits per heavy atom. The van der Waals surface area contributed by atoms with Crippen molar-refractivity contribution in [1.82, 2.24) is 4.98 Å². The van der Waals surface area contributed by atoms with Crippen molar-refractivity contribution in [2.45, 2.75) is 0 Å². The first-order chi connectivity index (χ1) is 28.7. The molecule has 0 unspecified atom stereocenters. The van der Waals surface area contributed by atoms with E-state index in [2.05, 4.69) is 176 Å². The predicted molar refractivity (Wildman–Crippen MR) is 243 cm³/mol. The lowest BCUT2D eigenvalue weighted by molar-refractivity contribution is 0.668. The van der Waals surface area contributed by atoms with Crippen LogP contribution in [0.5, 0.6) is 0 Å². The highest BCUT2D eigenvalue weighted by atomic mass is 16.3. The molecule has 3 heteroatoms. The van der Waals surface area contributed by atoms with Gasteiger partial charge in [-0.25, -0.2) is 0 Å². The Balaban J connectivity index is 0.967. The van der Waals surface area contributed by atoms with E-state index in [9.17, 15) is 0 Å². The summed E-state index contributed by atoms with van der Waals surface area (Å²) in [6.07, 6.45) is 1.88. The summed E-state index contributed by atoms with van der Waals surface area (Å²) in [4.78, 5) is 4.81. The Morgan fingerprint density at radius 1 is 0.293 bits per heavy atom. The number of rotatable bonds is 3. The molecular formula is C55H31NO2. The number of benzene rings is 10. The van der Waals surface area contributed by atoms with Crippen LogP contribution in [0.4, 0.5) is 0 Å². The van der Waals surface area contributed by atoms with Crippen molar-refractivity contribution in [3.8, 4) is 33.4 Å². The standard InChI is InChI=1S/C55H31NO2/c1-2-12-42-40(10-1)41-11-3-4-13-43(41)45-30-36(19-23-44(42)45)39-15-6-16-52-54(39)48-29-35(21-25-51(48)58-52)34-20-24-49-46(28-34)47-31-37(22-26-50(47)57-49)38-14-5-8-32-17-18-33-9-7-27-56-55(33)53(32)38/h1-31H. The van der Waals surface area contributed by atoms with Crippen molar-refractivity contribution in [3.05, 3.63) is 188 Å². The summed E-state index contributed by atoms with van der Waals surface area (Å²) in [6.45, 7) is 0. The van der Waals surface area contributed by atoms with Gasteiger partial charge in [0, 0.05) is 38.5 Å². The average Bonchev–Trinajstić information content (AvgIpc) is 3.86. The lowest BCUT2D eigenvalue weighted by Gasteiger charge is -2.12. The zero-order valence-corrected chi connectivity index (χ0v) is 31.2. The molecule has 3 nitrogen and oxygen atoms in total. The highest BCUT2D eigenvalue weighted by Crippen LogP contribution is 2.43. The lowest BCUT2D eigenvalue weighted by atomic mass is 9.91. The van der Waals surface area contributed by atoms with Gasteiger partial charge in [-0.1, -0.05) is 127 Å². The Labute approximate surface area is 332 Å². The second-order valence-corrected chi connectivity index (χ2v) is 15.4. The molecule has 58 heavy (non-hydrogen) atoms. The fourth-order valence-electron chi connectivity index (χ4n) is 9.60. The number of nitrogens with zero attached hydrogens (tertiary/aromatic N) is 1. The highest BCUT2D eigenvalue weighted by Gasteiger charge is 2.17. The summed E-state index contributed by atoms with van der Waals surface area (Å²) in [5.74, 6) is 0. The molecule has 0 amide bonds. The molecule has 0 aliphatic rings. The molecule has 0 saturated carbocycles. The molecule has 0 saturated heterocycles. The molecule has 0 atom stereocenters. The van der Waals surface area contributed by atoms with Crippen LogP contribution < -0.4 is 0 Å². The van der Waals surface area contributed by atoms with Crippen LogP contribution in [0.2, 0.25) is 0 Å². The first-order valence-electron chi connectivity index (χ1n) is 19.8. The Morgan fingerprint density at radius 3 is 1.52 bits per heavy atom. The van der Waals surface area contributed by atoms with E-state index in [0.717, 1.165) is 82.6 Å². The normalized spacial score (nSPS) is 12.1. The maximum atomic E-state index is 6.53. The topological polar surface area (TPSA) is 39.2 Å². The molecular weight excluding hydrogens is 707 g/mol. The molecule has 0 N–H and O–H groups in total. The zero-order valence-electron chi connectivity index (χ0n) is 31.2. The lowest BCUT2D eigenvalue weighted by Crippen LogP contribution is -1.86. The molecule has 268 valence electrons. The van der Waals surface area contributed by atoms with Crippen molar-refractivity contribution in [3.63, 3.8) is 0 Å². The largest absolute Gasteiger partial charge is 0.456 e. The number of furan rings is 2. The van der Waals surface area contributed by atoms with Gasteiger partial charge in [-0.3, -0.25) is 4.98 Å². The molecule has 3 aromatic heterocycles. The van der Waals surface area contributed by atoms with E-state index in [1.54, 1.807) is 0 Å². The van der Waals surface area contributed by atoms with Gasteiger partial charge >= 0.3 is 0 Å². The molecule has 0 aliphatic heterocycles. The zero-order chi connectivity index (χ0) is 37.9. The Kier molecular flexibility index (Phi) is 6.44. The number of hydrogen-bond donors (Lipinski definition) is 0. The van der Waals surface area contributed by atoms with E-state index in [1.165, 1.54) is 48.7 Å². The van der Waals surface area contributed by atoms with E-state index in [1.807, 2.05) is 12.3 Å². The predicted octanol–water partition coefficient (Wildman–Crippen LogP) is 15.6. The van der Waals surface area contributed by atoms with Crippen molar-refractivity contribution in [2.24, 2.45) is 0 Å². The first-order valence-corrected chi connectivity index (χ1v) is 19.8. The smallest absolute Gasteiger partial charge is 0.136 e. The number of hydrogen-bond acceptors (Lipinski definition) is 3. The van der Waals surface area contributed by atoms with Crippen LogP contribution in [-0.4, -0.2) is 4.98 Å². The van der Waals surface area contributed by atoms with Crippen LogP contribution in [0.1, 0.15) is 0 Å². The van der Waals surface area contributed by atoms with Gasteiger partial charge in [0.2, 0.25) is 0 Å². The molecule has 0 fully saturated rings. The van der Waals surface area contributed by atoms with Crippen LogP contribution in [-0.2, 0) is 0 Å². The average molecular weight is 738 g/mol. The van der Waals surface area contributed by atoms with Gasteiger partial charge in [-0.05, 0) is 126 Å². The number of pyridine rings is 1. The third-order valence-corrected chi connectivity index (χ3v) is 12.3. The van der Waals surface area contributed by atoms with Gasteiger partial charge in [0.15, 0.2) is 0 Å². The van der Waals surface area contributed by atoms with Crippen molar-refractivity contribution in [2.75, 3.05) is 0 Å². The van der Waals surface area contributed by atoms with Gasteiger partial charge in [-0.15, -0.1) is 0 Å². The Bertz CT molecular complexity index is 3830. The molecule has 0 radical (unpaired) electrons. The molecule has 0 bridgehead atoms. The van der Waals surface area contributed by atoms with Crippen LogP contribution in [0.3, 0.4) is 0 Å². The Hall–Kier alpha value is -7.75. The maximum Gasteiger partial charge on any atom is 0.136 e. The minimum absolute atomic E-state index is 0.870. The minimum Gasteiger partial charge on any atom is -0.456 e. The fourth-order valence-corrected chi connectivity index (χ4v) is 9.60. The fraction of sp³-hybridized carbons (Fsp3) is 0. The summed E-state index contributed by atoms with van der Waals surface area (Å²) < 4.78 is 13.0. The van der Waals surface area contributed by atoms with Crippen molar-refractivity contribution >= 4 is 97.9 Å². The van der Waals surface area contributed by atoms with E-state index in [4.69, 9.17) is 13.8 Å². The second-order valence-electron chi connectivity index (χ2n) is 15.4. The minimum atomic E-state index is 0.870. The SMILES string of the molecule is c1cnc2c(c1)ccc1cccc(-c3ccc4oc5ccc(-c6ccc7oc8cccc(-c9ccc%10c%11ccccc%11c%11ccccc%11c%10c9)c8c7c6)cc5c4c3)c12. The van der Waals surface area contributed by atoms with Gasteiger partial charge < -0.3 is 8.83 Å². The number of fused-ring (bicyclic) bond motifs is 15. The van der Waals surface area contributed by atoms with E-state index >= 15 is 0 Å². The summed E-state index contributed by atoms with van der Waals surface area (Å²) in [5.41, 5.74) is 11.4. The quantitative estimate of drug-likeness (QED) is 0.170. The third kappa shape index (κ3) is 4.53. The molecule has 0 aliphatic carbocycles. The van der Waals surface area contributed by atoms with Gasteiger partial charge in [-0.2, -0.15) is 0 Å². The third-order valence-electron chi connectivity index (χ3n) is 12.3. The first kappa shape index (κ1) is 31.5. The van der Waals surface area contributed by atoms with Crippen molar-refractivity contribution < 1.29 is 8.83 Å².